The van der Waals surface area contributed by atoms with Gasteiger partial charge < -0.3 is 9.47 Å². The molecule has 3 atom stereocenters. The van der Waals surface area contributed by atoms with Gasteiger partial charge in [-0.15, -0.1) is 0 Å². The predicted octanol–water partition coefficient (Wildman–Crippen LogP) is 3.39. The van der Waals surface area contributed by atoms with Crippen LogP contribution in [0.15, 0.2) is 91.0 Å². The van der Waals surface area contributed by atoms with Gasteiger partial charge in [-0.1, -0.05) is 91.0 Å². The third-order valence-corrected chi connectivity index (χ3v) is 4.98. The molecule has 0 amide bonds. The van der Waals surface area contributed by atoms with Crippen molar-refractivity contribution in [2.24, 2.45) is 0 Å². The van der Waals surface area contributed by atoms with Crippen LogP contribution in [0.3, 0.4) is 0 Å². The highest BCUT2D eigenvalue weighted by molar-refractivity contribution is 5.17. The lowest BCUT2D eigenvalue weighted by atomic mass is 10.1. The summed E-state index contributed by atoms with van der Waals surface area (Å²) < 4.78 is 12.4. The van der Waals surface area contributed by atoms with Crippen molar-refractivity contribution in [1.29, 1.82) is 0 Å². The molecule has 0 radical (unpaired) electrons. The standard InChI is InChI=1S/C24H25NO2/c1-4-10-20(11-5-1)16-25-17-23(19-26-18-21-12-6-2-7-13-21)27-24(25)22-14-8-3-9-15-22/h1-15,23-24H,16-19H2/p+1/t23-,24-/m1/s1. The number of rotatable bonds is 7. The topological polar surface area (TPSA) is 22.9 Å². The maximum Gasteiger partial charge on any atom is 0.219 e. The lowest BCUT2D eigenvalue weighted by molar-refractivity contribution is -0.945. The van der Waals surface area contributed by atoms with E-state index in [-0.39, 0.29) is 12.3 Å². The first-order valence-corrected chi connectivity index (χ1v) is 9.59. The van der Waals surface area contributed by atoms with E-state index in [4.69, 9.17) is 9.47 Å². The van der Waals surface area contributed by atoms with E-state index in [2.05, 4.69) is 72.8 Å². The van der Waals surface area contributed by atoms with Crippen molar-refractivity contribution >= 4 is 0 Å². The van der Waals surface area contributed by atoms with Gasteiger partial charge in [0, 0.05) is 11.1 Å². The molecule has 1 N–H and O–H groups in total. The molecule has 1 heterocycles. The zero-order chi connectivity index (χ0) is 18.3. The molecule has 3 aromatic carbocycles. The molecule has 1 aliphatic rings. The first kappa shape index (κ1) is 17.9. The van der Waals surface area contributed by atoms with Gasteiger partial charge in [0.25, 0.3) is 0 Å². The predicted molar refractivity (Wildman–Crippen MR) is 106 cm³/mol. The van der Waals surface area contributed by atoms with E-state index in [0.717, 1.165) is 13.1 Å². The highest BCUT2D eigenvalue weighted by Gasteiger charge is 2.37. The average Bonchev–Trinajstić information content (AvgIpc) is 3.13. The molecule has 27 heavy (non-hydrogen) atoms. The molecule has 0 bridgehead atoms. The van der Waals surface area contributed by atoms with Gasteiger partial charge in [-0.3, -0.25) is 4.90 Å². The van der Waals surface area contributed by atoms with Crippen LogP contribution < -0.4 is 4.90 Å². The molecule has 138 valence electrons. The second-order valence-electron chi connectivity index (χ2n) is 7.07. The quantitative estimate of drug-likeness (QED) is 0.698. The van der Waals surface area contributed by atoms with Crippen molar-refractivity contribution in [2.75, 3.05) is 13.2 Å². The molecule has 1 saturated heterocycles. The molecule has 1 unspecified atom stereocenters. The van der Waals surface area contributed by atoms with Gasteiger partial charge in [0.1, 0.15) is 19.2 Å². The summed E-state index contributed by atoms with van der Waals surface area (Å²) >= 11 is 0. The van der Waals surface area contributed by atoms with Crippen molar-refractivity contribution in [1.82, 2.24) is 0 Å². The Labute approximate surface area is 161 Å². The lowest BCUT2D eigenvalue weighted by Gasteiger charge is -2.20. The van der Waals surface area contributed by atoms with Gasteiger partial charge in [0.15, 0.2) is 0 Å². The van der Waals surface area contributed by atoms with Crippen molar-refractivity contribution < 1.29 is 14.4 Å². The number of hydrogen-bond donors (Lipinski definition) is 1. The average molecular weight is 360 g/mol. The fraction of sp³-hybridized carbons (Fsp3) is 0.250. The molecule has 3 aromatic rings. The molecule has 3 heteroatoms. The first-order valence-electron chi connectivity index (χ1n) is 9.59. The number of nitrogens with one attached hydrogen (secondary N) is 1. The maximum atomic E-state index is 6.41. The molecule has 0 aromatic heterocycles. The molecule has 1 aliphatic heterocycles. The van der Waals surface area contributed by atoms with Crippen molar-refractivity contribution in [2.45, 2.75) is 25.5 Å². The zero-order valence-corrected chi connectivity index (χ0v) is 15.5. The first-order chi connectivity index (χ1) is 13.4. The van der Waals surface area contributed by atoms with Crippen molar-refractivity contribution in [3.63, 3.8) is 0 Å². The van der Waals surface area contributed by atoms with Crippen LogP contribution >= 0.6 is 0 Å². The van der Waals surface area contributed by atoms with E-state index in [0.29, 0.717) is 13.2 Å². The van der Waals surface area contributed by atoms with E-state index < -0.39 is 0 Å². The molecular formula is C24H26NO2+. The van der Waals surface area contributed by atoms with Gasteiger partial charge in [-0.2, -0.15) is 0 Å². The summed E-state index contributed by atoms with van der Waals surface area (Å²) in [7, 11) is 0. The van der Waals surface area contributed by atoms with Crippen LogP contribution in [-0.4, -0.2) is 19.3 Å². The fourth-order valence-corrected chi connectivity index (χ4v) is 3.68. The summed E-state index contributed by atoms with van der Waals surface area (Å²) in [4.78, 5) is 1.43. The van der Waals surface area contributed by atoms with Gasteiger partial charge in [0.05, 0.1) is 13.2 Å². The number of quaternary nitrogens is 1. The molecule has 0 saturated carbocycles. The molecule has 0 aliphatic carbocycles. The lowest BCUT2D eigenvalue weighted by Crippen LogP contribution is -3.09. The summed E-state index contributed by atoms with van der Waals surface area (Å²) in [5, 5.41) is 0. The Balaban J connectivity index is 1.40. The third-order valence-electron chi connectivity index (χ3n) is 4.98. The fourth-order valence-electron chi connectivity index (χ4n) is 3.68. The van der Waals surface area contributed by atoms with Crippen LogP contribution in [0.4, 0.5) is 0 Å². The second kappa shape index (κ2) is 8.96. The van der Waals surface area contributed by atoms with Crippen molar-refractivity contribution in [3.05, 3.63) is 108 Å². The third kappa shape index (κ3) is 4.83. The van der Waals surface area contributed by atoms with Gasteiger partial charge >= 0.3 is 0 Å². The molecule has 4 rings (SSSR count). The highest BCUT2D eigenvalue weighted by atomic mass is 16.6. The van der Waals surface area contributed by atoms with Crippen LogP contribution in [0.2, 0.25) is 0 Å². The molecular weight excluding hydrogens is 334 g/mol. The SMILES string of the molecule is c1ccc(COC[C@H]2C[NH+](Cc3ccccc3)[C@@H](c3ccccc3)O2)cc1. The number of benzene rings is 3. The summed E-state index contributed by atoms with van der Waals surface area (Å²) in [6.45, 7) is 3.15. The van der Waals surface area contributed by atoms with E-state index in [9.17, 15) is 0 Å². The summed E-state index contributed by atoms with van der Waals surface area (Å²) in [5.41, 5.74) is 3.76. The maximum absolute atomic E-state index is 6.41. The number of hydrogen-bond acceptors (Lipinski definition) is 2. The van der Waals surface area contributed by atoms with Gasteiger partial charge in [-0.25, -0.2) is 0 Å². The Bertz CT molecular complexity index is 808. The summed E-state index contributed by atoms with van der Waals surface area (Å²) in [5.74, 6) is 0. The summed E-state index contributed by atoms with van der Waals surface area (Å²) in [6.07, 6.45) is 0.161. The Morgan fingerprint density at radius 1 is 0.778 bits per heavy atom. The molecule has 1 fully saturated rings. The normalized spacial score (nSPS) is 22.0. The minimum absolute atomic E-state index is 0.0525. The van der Waals surface area contributed by atoms with E-state index >= 15 is 0 Å². The smallest absolute Gasteiger partial charge is 0.219 e. The molecule has 3 nitrogen and oxygen atoms in total. The highest BCUT2D eigenvalue weighted by Crippen LogP contribution is 2.18. The van der Waals surface area contributed by atoms with Crippen LogP contribution in [0.25, 0.3) is 0 Å². The molecule has 0 spiro atoms. The van der Waals surface area contributed by atoms with E-state index in [1.54, 1.807) is 0 Å². The summed E-state index contributed by atoms with van der Waals surface area (Å²) in [6, 6.07) is 31.5. The van der Waals surface area contributed by atoms with E-state index in [1.165, 1.54) is 21.6 Å². The zero-order valence-electron chi connectivity index (χ0n) is 15.5. The van der Waals surface area contributed by atoms with Gasteiger partial charge in [-0.05, 0) is 5.56 Å². The Morgan fingerprint density at radius 3 is 2.04 bits per heavy atom. The van der Waals surface area contributed by atoms with Crippen LogP contribution in [0.1, 0.15) is 22.9 Å². The van der Waals surface area contributed by atoms with Crippen LogP contribution in [0, 0.1) is 0 Å². The Kier molecular flexibility index (Phi) is 5.95. The second-order valence-corrected chi connectivity index (χ2v) is 7.07. The largest absolute Gasteiger partial charge is 0.374 e. The van der Waals surface area contributed by atoms with E-state index in [1.807, 2.05) is 18.2 Å². The minimum atomic E-state index is 0.0525. The Morgan fingerprint density at radius 2 is 1.37 bits per heavy atom. The van der Waals surface area contributed by atoms with Crippen LogP contribution in [-0.2, 0) is 22.6 Å². The Hall–Kier alpha value is -2.46. The van der Waals surface area contributed by atoms with Gasteiger partial charge in [0.2, 0.25) is 6.23 Å². The van der Waals surface area contributed by atoms with Crippen LogP contribution in [0.5, 0.6) is 0 Å². The number of ether oxygens (including phenoxy) is 2. The monoisotopic (exact) mass is 360 g/mol. The minimum Gasteiger partial charge on any atom is -0.374 e. The van der Waals surface area contributed by atoms with Crippen molar-refractivity contribution in [3.8, 4) is 0 Å².